The maximum Gasteiger partial charge on any atom is 0.305 e. The van der Waals surface area contributed by atoms with Crippen LogP contribution in [0.25, 0.3) is 0 Å². The van der Waals surface area contributed by atoms with Crippen molar-refractivity contribution in [2.24, 2.45) is 0 Å². The Labute approximate surface area is 161 Å². The smallest absolute Gasteiger partial charge is 0.305 e. The Bertz CT molecular complexity index is 697. The predicted molar refractivity (Wildman–Crippen MR) is 107 cm³/mol. The Balaban J connectivity index is 1.93. The monoisotopic (exact) mass is 370 g/mol. The summed E-state index contributed by atoms with van der Waals surface area (Å²) in [5.74, 6) is -0.261. The fourth-order valence-corrected chi connectivity index (χ4v) is 2.96. The van der Waals surface area contributed by atoms with Gasteiger partial charge in [-0.3, -0.25) is 9.69 Å². The van der Waals surface area contributed by atoms with Crippen LogP contribution in [0.5, 0.6) is 0 Å². The van der Waals surface area contributed by atoms with Crippen molar-refractivity contribution in [1.29, 1.82) is 0 Å². The minimum atomic E-state index is -0.719. The molecule has 0 amide bonds. The van der Waals surface area contributed by atoms with E-state index in [9.17, 15) is 9.90 Å². The predicted octanol–water partition coefficient (Wildman–Crippen LogP) is 3.23. The second-order valence-corrected chi connectivity index (χ2v) is 6.68. The van der Waals surface area contributed by atoms with Gasteiger partial charge in [-0.05, 0) is 24.1 Å². The van der Waals surface area contributed by atoms with Crippen LogP contribution in [-0.2, 0) is 22.6 Å². The molecule has 1 atom stereocenters. The van der Waals surface area contributed by atoms with Crippen LogP contribution in [0.2, 0.25) is 0 Å². The van der Waals surface area contributed by atoms with Crippen LogP contribution in [-0.4, -0.2) is 46.3 Å². The summed E-state index contributed by atoms with van der Waals surface area (Å²) in [6.45, 7) is 8.32. The van der Waals surface area contributed by atoms with E-state index in [4.69, 9.17) is 4.74 Å². The lowest BCUT2D eigenvalue weighted by Crippen LogP contribution is -2.35. The van der Waals surface area contributed by atoms with Crippen LogP contribution in [0.1, 0.15) is 31.0 Å². The third kappa shape index (κ3) is 7.41. The number of carbonyl (C=O) groups excluding carboxylic acids is 1. The first-order valence-corrected chi connectivity index (χ1v) is 9.47. The van der Waals surface area contributed by atoms with Crippen LogP contribution in [0, 0.1) is 0 Å². The van der Waals surface area contributed by atoms with Gasteiger partial charge in [0.25, 0.3) is 0 Å². The molecule has 0 saturated carbocycles. The summed E-state index contributed by atoms with van der Waals surface area (Å²) < 4.78 is 7.32. The number of carbonyl (C=O) groups is 1. The topological polar surface area (TPSA) is 54.7 Å². The molecule has 0 saturated heterocycles. The number of ether oxygens (including phenoxy) is 1. The average molecular weight is 370 g/mol. The minimum absolute atomic E-state index is 0.0253. The highest BCUT2D eigenvalue weighted by molar-refractivity contribution is 5.69. The molecule has 27 heavy (non-hydrogen) atoms. The van der Waals surface area contributed by atoms with Gasteiger partial charge in [-0.25, -0.2) is 0 Å². The second-order valence-electron chi connectivity index (χ2n) is 6.68. The molecule has 1 aromatic carbocycles. The second kappa shape index (κ2) is 11.4. The molecule has 0 fully saturated rings. The van der Waals surface area contributed by atoms with Crippen LogP contribution < -0.4 is 0 Å². The third-order valence-electron chi connectivity index (χ3n) is 4.25. The van der Waals surface area contributed by atoms with Gasteiger partial charge in [0, 0.05) is 44.5 Å². The lowest BCUT2D eigenvalue weighted by atomic mass is 10.2. The van der Waals surface area contributed by atoms with Crippen molar-refractivity contribution in [2.45, 2.75) is 39.0 Å². The zero-order valence-electron chi connectivity index (χ0n) is 16.1. The molecule has 146 valence electrons. The molecule has 1 aromatic heterocycles. The van der Waals surface area contributed by atoms with Crippen molar-refractivity contribution in [1.82, 2.24) is 9.47 Å². The number of rotatable bonds is 12. The van der Waals surface area contributed by atoms with E-state index >= 15 is 0 Å². The van der Waals surface area contributed by atoms with Gasteiger partial charge in [0.15, 0.2) is 0 Å². The number of nitrogens with zero attached hydrogens (tertiary/aromatic N) is 2. The van der Waals surface area contributed by atoms with Crippen LogP contribution in [0.15, 0.2) is 61.3 Å². The highest BCUT2D eigenvalue weighted by Gasteiger charge is 2.15. The number of esters is 1. The molecule has 1 N–H and O–H groups in total. The maximum absolute atomic E-state index is 11.5. The number of hydrogen-bond donors (Lipinski definition) is 1. The van der Waals surface area contributed by atoms with Gasteiger partial charge < -0.3 is 14.4 Å². The molecule has 0 aliphatic carbocycles. The lowest BCUT2D eigenvalue weighted by molar-refractivity contribution is -0.147. The molecule has 0 spiro atoms. The van der Waals surface area contributed by atoms with Crippen LogP contribution >= 0.6 is 0 Å². The van der Waals surface area contributed by atoms with Gasteiger partial charge in [0.1, 0.15) is 12.7 Å². The average Bonchev–Trinajstić information content (AvgIpc) is 3.08. The van der Waals surface area contributed by atoms with Crippen molar-refractivity contribution in [3.63, 3.8) is 0 Å². The largest absolute Gasteiger partial charge is 0.463 e. The Morgan fingerprint density at radius 2 is 2.07 bits per heavy atom. The molecule has 5 nitrogen and oxygen atoms in total. The van der Waals surface area contributed by atoms with Crippen LogP contribution in [0.4, 0.5) is 0 Å². The van der Waals surface area contributed by atoms with E-state index in [-0.39, 0.29) is 12.6 Å². The fourth-order valence-electron chi connectivity index (χ4n) is 2.96. The molecule has 2 rings (SSSR count). The van der Waals surface area contributed by atoms with E-state index in [2.05, 4.69) is 40.4 Å². The quantitative estimate of drug-likeness (QED) is 0.460. The molecular weight excluding hydrogens is 340 g/mol. The van der Waals surface area contributed by atoms with Crippen molar-refractivity contribution >= 4 is 5.97 Å². The van der Waals surface area contributed by atoms with E-state index in [0.29, 0.717) is 26.1 Å². The summed E-state index contributed by atoms with van der Waals surface area (Å²) in [7, 11) is 0. The summed E-state index contributed by atoms with van der Waals surface area (Å²) in [5.41, 5.74) is 2.41. The van der Waals surface area contributed by atoms with E-state index in [1.165, 1.54) is 5.56 Å². The first-order valence-electron chi connectivity index (χ1n) is 9.47. The van der Waals surface area contributed by atoms with Gasteiger partial charge in [0.05, 0.1) is 0 Å². The molecule has 0 aliphatic heterocycles. The van der Waals surface area contributed by atoms with E-state index in [1.54, 1.807) is 0 Å². The number of aromatic nitrogens is 1. The van der Waals surface area contributed by atoms with E-state index in [1.807, 2.05) is 37.3 Å². The molecule has 0 aliphatic rings. The Morgan fingerprint density at radius 1 is 1.30 bits per heavy atom. The SMILES string of the molecule is C=CCN(Cc1cccn1Cc1ccccc1)C[C@H](O)COC(=O)CCC. The molecule has 0 radical (unpaired) electrons. The Morgan fingerprint density at radius 3 is 2.78 bits per heavy atom. The molecule has 1 heterocycles. The zero-order valence-corrected chi connectivity index (χ0v) is 16.1. The highest BCUT2D eigenvalue weighted by atomic mass is 16.5. The number of aliphatic hydroxyl groups is 1. The highest BCUT2D eigenvalue weighted by Crippen LogP contribution is 2.11. The summed E-state index contributed by atoms with van der Waals surface area (Å²) in [6.07, 6.45) is 4.30. The van der Waals surface area contributed by atoms with E-state index in [0.717, 1.165) is 18.7 Å². The number of benzene rings is 1. The van der Waals surface area contributed by atoms with Gasteiger partial charge >= 0.3 is 5.97 Å². The summed E-state index contributed by atoms with van der Waals surface area (Å²) in [6, 6.07) is 14.4. The van der Waals surface area contributed by atoms with Gasteiger partial charge in [-0.2, -0.15) is 0 Å². The molecule has 2 aromatic rings. The number of aliphatic hydroxyl groups excluding tert-OH is 1. The summed E-state index contributed by atoms with van der Waals surface area (Å²) in [5, 5.41) is 10.2. The Kier molecular flexibility index (Phi) is 8.81. The first kappa shape index (κ1) is 20.9. The van der Waals surface area contributed by atoms with E-state index < -0.39 is 6.10 Å². The van der Waals surface area contributed by atoms with Crippen molar-refractivity contribution < 1.29 is 14.6 Å². The lowest BCUT2D eigenvalue weighted by Gasteiger charge is -2.24. The van der Waals surface area contributed by atoms with Crippen molar-refractivity contribution in [2.75, 3.05) is 19.7 Å². The van der Waals surface area contributed by atoms with Crippen molar-refractivity contribution in [3.05, 3.63) is 72.6 Å². The molecule has 5 heteroatoms. The van der Waals surface area contributed by atoms with Gasteiger partial charge in [-0.15, -0.1) is 6.58 Å². The number of hydrogen-bond acceptors (Lipinski definition) is 4. The molecule has 0 bridgehead atoms. The third-order valence-corrected chi connectivity index (χ3v) is 4.25. The standard InChI is InChI=1S/C22H30N2O3/c1-3-9-22(26)27-18-21(25)17-23(13-4-2)16-20-12-8-14-24(20)15-19-10-6-5-7-11-19/h4-8,10-12,14,21,25H,2-3,9,13,15-18H2,1H3/t21-/m0/s1. The minimum Gasteiger partial charge on any atom is -0.463 e. The summed E-state index contributed by atoms with van der Waals surface area (Å²) in [4.78, 5) is 13.6. The van der Waals surface area contributed by atoms with Gasteiger partial charge in [0.2, 0.25) is 0 Å². The summed E-state index contributed by atoms with van der Waals surface area (Å²) >= 11 is 0. The maximum atomic E-state index is 11.5. The first-order chi connectivity index (χ1) is 13.1. The van der Waals surface area contributed by atoms with Crippen LogP contribution in [0.3, 0.4) is 0 Å². The van der Waals surface area contributed by atoms with Crippen molar-refractivity contribution in [3.8, 4) is 0 Å². The normalized spacial score (nSPS) is 12.1. The Hall–Kier alpha value is -2.37. The molecular formula is C22H30N2O3. The fraction of sp³-hybridized carbons (Fsp3) is 0.409. The molecule has 0 unspecified atom stereocenters. The van der Waals surface area contributed by atoms with Gasteiger partial charge in [-0.1, -0.05) is 43.3 Å². The zero-order chi connectivity index (χ0) is 19.5.